The van der Waals surface area contributed by atoms with Crippen molar-refractivity contribution in [3.8, 4) is 0 Å². The lowest BCUT2D eigenvalue weighted by Gasteiger charge is -2.18. The quantitative estimate of drug-likeness (QED) is 0.907. The van der Waals surface area contributed by atoms with E-state index in [1.807, 2.05) is 11.5 Å². The van der Waals surface area contributed by atoms with Gasteiger partial charge >= 0.3 is 0 Å². The average Bonchev–Trinajstić information content (AvgIpc) is 3.05. The molecule has 0 bridgehead atoms. The maximum absolute atomic E-state index is 11.6. The van der Waals surface area contributed by atoms with E-state index in [9.17, 15) is 4.79 Å². The molecule has 0 saturated carbocycles. The molecule has 3 heterocycles. The smallest absolute Gasteiger partial charge is 0.165 e. The van der Waals surface area contributed by atoms with Crippen LogP contribution in [0, 0.1) is 11.8 Å². The van der Waals surface area contributed by atoms with Crippen molar-refractivity contribution in [1.82, 2.24) is 19.5 Å². The van der Waals surface area contributed by atoms with E-state index in [1.165, 1.54) is 6.33 Å². The minimum atomic E-state index is -0.233. The van der Waals surface area contributed by atoms with Crippen LogP contribution in [0.25, 0.3) is 11.2 Å². The predicted octanol–water partition coefficient (Wildman–Crippen LogP) is 1.85. The number of rotatable bonds is 5. The second kappa shape index (κ2) is 6.00. The molecule has 0 aromatic carbocycles. The van der Waals surface area contributed by atoms with E-state index in [0.717, 1.165) is 24.1 Å². The number of aromatic nitrogens is 4. The SMILES string of the molecule is CCCn1cnc2c(N[C@@H]3OC[C@H](C(C)=O)[C@@H]3C)ncnc21. The number of nitrogens with one attached hydrogen (secondary N) is 1. The minimum Gasteiger partial charge on any atom is -0.357 e. The van der Waals surface area contributed by atoms with Crippen LogP contribution in [-0.4, -0.2) is 38.1 Å². The summed E-state index contributed by atoms with van der Waals surface area (Å²) in [4.78, 5) is 24.6. The molecule has 2 aromatic heterocycles. The Hall–Kier alpha value is -2.02. The number of carbonyl (C=O) groups excluding carboxylic acids is 1. The van der Waals surface area contributed by atoms with E-state index in [2.05, 4.69) is 27.2 Å². The second-order valence-corrected chi connectivity index (χ2v) is 5.81. The molecule has 3 atom stereocenters. The third-order valence-corrected chi connectivity index (χ3v) is 4.23. The molecule has 1 fully saturated rings. The Labute approximate surface area is 129 Å². The summed E-state index contributed by atoms with van der Waals surface area (Å²) >= 11 is 0. The molecular formula is C15H21N5O2. The van der Waals surface area contributed by atoms with Crippen LogP contribution in [-0.2, 0) is 16.1 Å². The highest BCUT2D eigenvalue weighted by atomic mass is 16.5. The summed E-state index contributed by atoms with van der Waals surface area (Å²) in [6, 6.07) is 0. The summed E-state index contributed by atoms with van der Waals surface area (Å²) in [5.41, 5.74) is 1.55. The molecule has 0 spiro atoms. The van der Waals surface area contributed by atoms with E-state index in [1.54, 1.807) is 13.3 Å². The lowest BCUT2D eigenvalue weighted by atomic mass is 9.92. The fraction of sp³-hybridized carbons (Fsp3) is 0.600. The first-order valence-electron chi connectivity index (χ1n) is 7.66. The minimum absolute atomic E-state index is 0.0625. The Bertz CT molecular complexity index is 684. The molecule has 1 aliphatic heterocycles. The topological polar surface area (TPSA) is 81.9 Å². The van der Waals surface area contributed by atoms with Gasteiger partial charge in [-0.2, -0.15) is 0 Å². The molecule has 3 rings (SSSR count). The maximum Gasteiger partial charge on any atom is 0.165 e. The standard InChI is InChI=1S/C15H21N5O2/c1-4-5-20-8-18-12-13(16-7-17-14(12)20)19-15-9(2)11(6-22-15)10(3)21/h7-9,11,15H,4-6H2,1-3H3,(H,16,17,19)/t9-,11-,15+/m0/s1. The van der Waals surface area contributed by atoms with Crippen molar-refractivity contribution in [2.75, 3.05) is 11.9 Å². The van der Waals surface area contributed by atoms with Gasteiger partial charge < -0.3 is 14.6 Å². The van der Waals surface area contributed by atoms with Crippen molar-refractivity contribution in [2.24, 2.45) is 11.8 Å². The number of hydrogen-bond donors (Lipinski definition) is 1. The van der Waals surface area contributed by atoms with Gasteiger partial charge in [-0.1, -0.05) is 13.8 Å². The molecule has 1 saturated heterocycles. The molecule has 0 amide bonds. The highest BCUT2D eigenvalue weighted by Crippen LogP contribution is 2.29. The van der Waals surface area contributed by atoms with E-state index in [4.69, 9.17) is 4.74 Å². The first-order chi connectivity index (χ1) is 10.6. The Morgan fingerprint density at radius 1 is 1.45 bits per heavy atom. The molecule has 7 heteroatoms. The molecule has 7 nitrogen and oxygen atoms in total. The van der Waals surface area contributed by atoms with Crippen molar-refractivity contribution in [3.63, 3.8) is 0 Å². The summed E-state index contributed by atoms with van der Waals surface area (Å²) in [5.74, 6) is 0.852. The van der Waals surface area contributed by atoms with Gasteiger partial charge in [-0.3, -0.25) is 4.79 Å². The lowest BCUT2D eigenvalue weighted by molar-refractivity contribution is -0.121. The third-order valence-electron chi connectivity index (χ3n) is 4.23. The number of imidazole rings is 1. The first kappa shape index (κ1) is 14.9. The second-order valence-electron chi connectivity index (χ2n) is 5.81. The van der Waals surface area contributed by atoms with E-state index < -0.39 is 0 Å². The largest absolute Gasteiger partial charge is 0.357 e. The number of anilines is 1. The summed E-state index contributed by atoms with van der Waals surface area (Å²) in [6.45, 7) is 7.07. The molecule has 2 aromatic rings. The van der Waals surface area contributed by atoms with Gasteiger partial charge in [-0.05, 0) is 13.3 Å². The van der Waals surface area contributed by atoms with Gasteiger partial charge in [-0.15, -0.1) is 0 Å². The number of carbonyl (C=O) groups is 1. The van der Waals surface area contributed by atoms with Crippen molar-refractivity contribution in [3.05, 3.63) is 12.7 Å². The molecule has 1 N–H and O–H groups in total. The third kappa shape index (κ3) is 2.56. The molecule has 0 radical (unpaired) electrons. The number of Topliss-reactive ketones (excluding diaryl/α,β-unsaturated/α-hetero) is 1. The normalized spacial score (nSPS) is 24.8. The van der Waals surface area contributed by atoms with E-state index in [0.29, 0.717) is 12.4 Å². The van der Waals surface area contributed by atoms with E-state index >= 15 is 0 Å². The van der Waals surface area contributed by atoms with Gasteiger partial charge in [0.15, 0.2) is 11.5 Å². The number of ketones is 1. The van der Waals surface area contributed by atoms with Crippen LogP contribution < -0.4 is 5.32 Å². The van der Waals surface area contributed by atoms with Crippen LogP contribution in [0.15, 0.2) is 12.7 Å². The Morgan fingerprint density at radius 3 is 2.95 bits per heavy atom. The predicted molar refractivity (Wildman–Crippen MR) is 82.3 cm³/mol. The average molecular weight is 303 g/mol. The lowest BCUT2D eigenvalue weighted by Crippen LogP contribution is -2.28. The number of hydrogen-bond acceptors (Lipinski definition) is 6. The fourth-order valence-electron chi connectivity index (χ4n) is 2.91. The molecule has 1 aliphatic rings. The number of nitrogens with zero attached hydrogens (tertiary/aromatic N) is 4. The summed E-state index contributed by atoms with van der Waals surface area (Å²) in [6.07, 6.45) is 4.09. The Morgan fingerprint density at radius 2 is 2.27 bits per heavy atom. The Balaban J connectivity index is 1.84. The van der Waals surface area contributed by atoms with Gasteiger partial charge in [0.2, 0.25) is 0 Å². The zero-order valence-electron chi connectivity index (χ0n) is 13.1. The van der Waals surface area contributed by atoms with Gasteiger partial charge in [0.25, 0.3) is 0 Å². The summed E-state index contributed by atoms with van der Waals surface area (Å²) in [5, 5.41) is 3.27. The number of fused-ring (bicyclic) bond motifs is 1. The zero-order chi connectivity index (χ0) is 15.7. The highest BCUT2D eigenvalue weighted by Gasteiger charge is 2.37. The van der Waals surface area contributed by atoms with Gasteiger partial charge in [0.05, 0.1) is 12.9 Å². The van der Waals surface area contributed by atoms with Crippen LogP contribution in [0.3, 0.4) is 0 Å². The number of ether oxygens (including phenoxy) is 1. The van der Waals surface area contributed by atoms with Gasteiger partial charge in [-0.25, -0.2) is 15.0 Å². The van der Waals surface area contributed by atoms with Crippen LogP contribution in [0.2, 0.25) is 0 Å². The number of aryl methyl sites for hydroxylation is 1. The van der Waals surface area contributed by atoms with Crippen LogP contribution >= 0.6 is 0 Å². The van der Waals surface area contributed by atoms with Crippen molar-refractivity contribution in [2.45, 2.75) is 40.0 Å². The maximum atomic E-state index is 11.6. The van der Waals surface area contributed by atoms with Crippen LogP contribution in [0.1, 0.15) is 27.2 Å². The van der Waals surface area contributed by atoms with Crippen LogP contribution in [0.4, 0.5) is 5.82 Å². The van der Waals surface area contributed by atoms with Crippen LogP contribution in [0.5, 0.6) is 0 Å². The first-order valence-corrected chi connectivity index (χ1v) is 7.66. The molecular weight excluding hydrogens is 282 g/mol. The highest BCUT2D eigenvalue weighted by molar-refractivity contribution is 5.83. The summed E-state index contributed by atoms with van der Waals surface area (Å²) < 4.78 is 7.73. The van der Waals surface area contributed by atoms with Crippen molar-refractivity contribution in [1.29, 1.82) is 0 Å². The summed E-state index contributed by atoms with van der Waals surface area (Å²) in [7, 11) is 0. The Kier molecular flexibility index (Phi) is 4.06. The molecule has 0 unspecified atom stereocenters. The zero-order valence-corrected chi connectivity index (χ0v) is 13.1. The van der Waals surface area contributed by atoms with E-state index in [-0.39, 0.29) is 23.8 Å². The molecule has 118 valence electrons. The molecule has 0 aliphatic carbocycles. The fourth-order valence-corrected chi connectivity index (χ4v) is 2.91. The van der Waals surface area contributed by atoms with Gasteiger partial charge in [0.1, 0.15) is 23.9 Å². The van der Waals surface area contributed by atoms with Crippen molar-refractivity contribution >= 4 is 22.8 Å². The van der Waals surface area contributed by atoms with Gasteiger partial charge in [0, 0.05) is 18.4 Å². The molecule has 22 heavy (non-hydrogen) atoms. The monoisotopic (exact) mass is 303 g/mol. The van der Waals surface area contributed by atoms with Crippen molar-refractivity contribution < 1.29 is 9.53 Å².